The Balaban J connectivity index is 0.000000303. The molecule has 2 aliphatic rings. The smallest absolute Gasteiger partial charge is 0.475 e. The second kappa shape index (κ2) is 13.3. The summed E-state index contributed by atoms with van der Waals surface area (Å²) in [7, 11) is 0. The lowest BCUT2D eigenvalue weighted by molar-refractivity contribution is -0.193. The Hall–Kier alpha value is -4.34. The number of benzene rings is 1. The van der Waals surface area contributed by atoms with E-state index in [1.165, 1.54) is 17.5 Å². The number of carboxylic acid groups (broad SMARTS) is 2. The maximum absolute atomic E-state index is 12.7. The van der Waals surface area contributed by atoms with Crippen molar-refractivity contribution < 1.29 is 55.4 Å². The highest BCUT2D eigenvalue weighted by Crippen LogP contribution is 2.42. The molecule has 1 aromatic carbocycles. The predicted molar refractivity (Wildman–Crippen MR) is 138 cm³/mol. The van der Waals surface area contributed by atoms with E-state index in [9.17, 15) is 31.1 Å². The molecule has 2 aliphatic heterocycles. The van der Waals surface area contributed by atoms with Crippen molar-refractivity contribution in [3.05, 3.63) is 66.5 Å². The van der Waals surface area contributed by atoms with Crippen LogP contribution >= 0.6 is 0 Å². The third-order valence-corrected chi connectivity index (χ3v) is 7.05. The number of likely N-dealkylation sites (tertiary alicyclic amines) is 1. The molecule has 0 saturated carbocycles. The van der Waals surface area contributed by atoms with E-state index in [-0.39, 0.29) is 11.4 Å². The van der Waals surface area contributed by atoms with Crippen molar-refractivity contribution in [1.29, 1.82) is 0 Å². The highest BCUT2D eigenvalue weighted by molar-refractivity contribution is 5.93. The second-order valence-corrected chi connectivity index (χ2v) is 9.51. The van der Waals surface area contributed by atoms with Crippen molar-refractivity contribution in [2.45, 2.75) is 44.2 Å². The van der Waals surface area contributed by atoms with E-state index in [2.05, 4.69) is 40.7 Å². The first kappa shape index (κ1) is 33.2. The summed E-state index contributed by atoms with van der Waals surface area (Å²) in [5.74, 6) is -4.30. The van der Waals surface area contributed by atoms with Gasteiger partial charge in [0, 0.05) is 26.2 Å². The summed E-state index contributed by atoms with van der Waals surface area (Å²) in [5, 5.41) is 14.2. The molecule has 234 valence electrons. The first-order valence-corrected chi connectivity index (χ1v) is 12.9. The molecule has 0 unspecified atom stereocenters. The van der Waals surface area contributed by atoms with Gasteiger partial charge in [0.1, 0.15) is 12.1 Å². The fourth-order valence-corrected chi connectivity index (χ4v) is 5.04. The Kier molecular flexibility index (Phi) is 10.3. The van der Waals surface area contributed by atoms with Crippen LogP contribution in [-0.4, -0.2) is 85.9 Å². The lowest BCUT2D eigenvalue weighted by Gasteiger charge is -2.50. The number of carbonyl (C=O) groups is 3. The SMILES string of the molecule is CCN1CCn2c(-c3ccccc3)cnc2C12CCN(C(=O)c1ccoc1)CC2.O=C(O)C(F)(F)F.O=C(O)C(F)(F)F. The highest BCUT2D eigenvalue weighted by Gasteiger charge is 2.47. The van der Waals surface area contributed by atoms with Gasteiger partial charge >= 0.3 is 24.3 Å². The summed E-state index contributed by atoms with van der Waals surface area (Å²) in [6.07, 6.45) is -3.26. The van der Waals surface area contributed by atoms with Crippen molar-refractivity contribution in [2.75, 3.05) is 26.2 Å². The Bertz CT molecular complexity index is 1360. The lowest BCUT2D eigenvalue weighted by atomic mass is 9.83. The van der Waals surface area contributed by atoms with Crippen LogP contribution in [0.4, 0.5) is 26.3 Å². The van der Waals surface area contributed by atoms with Gasteiger partial charge in [0.15, 0.2) is 0 Å². The number of furan rings is 1. The minimum atomic E-state index is -5.08. The molecule has 0 radical (unpaired) electrons. The third kappa shape index (κ3) is 7.74. The number of aliphatic carboxylic acids is 2. The number of imidazole rings is 1. The molecule has 5 rings (SSSR count). The fraction of sp³-hybridized carbons (Fsp3) is 0.407. The van der Waals surface area contributed by atoms with Crippen LogP contribution in [-0.2, 0) is 21.7 Å². The average Bonchev–Trinajstić information content (AvgIpc) is 3.65. The quantitative estimate of drug-likeness (QED) is 0.398. The topological polar surface area (TPSA) is 129 Å². The van der Waals surface area contributed by atoms with E-state index in [0.29, 0.717) is 5.56 Å². The Labute approximate surface area is 241 Å². The number of halogens is 6. The van der Waals surface area contributed by atoms with E-state index < -0.39 is 24.3 Å². The molecular weight excluding hydrogens is 590 g/mol. The van der Waals surface area contributed by atoms with E-state index in [0.717, 1.165) is 51.4 Å². The van der Waals surface area contributed by atoms with Crippen LogP contribution in [0.25, 0.3) is 11.3 Å². The molecule has 10 nitrogen and oxygen atoms in total. The molecule has 2 N–H and O–H groups in total. The molecule has 0 aliphatic carbocycles. The molecule has 1 saturated heterocycles. The lowest BCUT2D eigenvalue weighted by Crippen LogP contribution is -2.58. The minimum absolute atomic E-state index is 0.0563. The number of piperidine rings is 1. The van der Waals surface area contributed by atoms with Crippen molar-refractivity contribution in [3.63, 3.8) is 0 Å². The molecule has 2 aromatic heterocycles. The number of fused-ring (bicyclic) bond motifs is 2. The van der Waals surface area contributed by atoms with Gasteiger partial charge < -0.3 is 24.1 Å². The molecule has 43 heavy (non-hydrogen) atoms. The first-order chi connectivity index (χ1) is 20.1. The van der Waals surface area contributed by atoms with Gasteiger partial charge in [0.25, 0.3) is 5.91 Å². The van der Waals surface area contributed by atoms with E-state index in [1.54, 1.807) is 12.3 Å². The van der Waals surface area contributed by atoms with Gasteiger partial charge in [0.2, 0.25) is 0 Å². The molecule has 0 bridgehead atoms. The highest BCUT2D eigenvalue weighted by atomic mass is 19.4. The molecule has 0 atom stereocenters. The number of likely N-dealkylation sites (N-methyl/N-ethyl adjacent to an activating group) is 1. The largest absolute Gasteiger partial charge is 0.490 e. The minimum Gasteiger partial charge on any atom is -0.475 e. The van der Waals surface area contributed by atoms with Crippen molar-refractivity contribution in [3.8, 4) is 11.3 Å². The normalized spacial score (nSPS) is 16.3. The number of carbonyl (C=O) groups excluding carboxylic acids is 1. The van der Waals surface area contributed by atoms with E-state index in [4.69, 9.17) is 29.2 Å². The Morgan fingerprint density at radius 2 is 1.47 bits per heavy atom. The van der Waals surface area contributed by atoms with E-state index >= 15 is 0 Å². The molecule has 1 spiro atoms. The summed E-state index contributed by atoms with van der Waals surface area (Å²) < 4.78 is 71.0. The van der Waals surface area contributed by atoms with Crippen LogP contribution in [0.1, 0.15) is 35.9 Å². The van der Waals surface area contributed by atoms with Crippen LogP contribution in [0, 0.1) is 0 Å². The van der Waals surface area contributed by atoms with Crippen LogP contribution < -0.4 is 0 Å². The number of hydrogen-bond acceptors (Lipinski definition) is 6. The van der Waals surface area contributed by atoms with Crippen molar-refractivity contribution >= 4 is 17.8 Å². The number of carboxylic acids is 2. The zero-order valence-electron chi connectivity index (χ0n) is 22.7. The Morgan fingerprint density at radius 3 is 1.93 bits per heavy atom. The summed E-state index contributed by atoms with van der Waals surface area (Å²) in [6.45, 7) is 6.63. The molecule has 3 aromatic rings. The fourth-order valence-electron chi connectivity index (χ4n) is 5.04. The summed E-state index contributed by atoms with van der Waals surface area (Å²) in [4.78, 5) is 40.0. The maximum Gasteiger partial charge on any atom is 0.490 e. The van der Waals surface area contributed by atoms with E-state index in [1.807, 2.05) is 17.2 Å². The molecular formula is C27H28F6N4O6. The van der Waals surface area contributed by atoms with Crippen LogP contribution in [0.15, 0.2) is 59.5 Å². The third-order valence-electron chi connectivity index (χ3n) is 7.05. The van der Waals surface area contributed by atoms with Gasteiger partial charge in [-0.2, -0.15) is 26.3 Å². The maximum atomic E-state index is 12.7. The number of alkyl halides is 6. The monoisotopic (exact) mass is 618 g/mol. The molecule has 4 heterocycles. The standard InChI is InChI=1S/C23H26N4O2.2C2HF3O2/c1-2-26-13-14-27-20(18-6-4-3-5-7-18)16-24-22(27)23(26)9-11-25(12-10-23)21(28)19-8-15-29-17-19;2*3-2(4,5)1(6)7/h3-8,15-17H,2,9-14H2,1H3;2*(H,6,7). The summed E-state index contributed by atoms with van der Waals surface area (Å²) in [6, 6.07) is 12.2. The number of amides is 1. The van der Waals surface area contributed by atoms with Gasteiger partial charge in [-0.05, 0) is 31.0 Å². The zero-order valence-corrected chi connectivity index (χ0v) is 22.7. The van der Waals surface area contributed by atoms with Crippen molar-refractivity contribution in [1.82, 2.24) is 19.4 Å². The van der Waals surface area contributed by atoms with Crippen LogP contribution in [0.5, 0.6) is 0 Å². The van der Waals surface area contributed by atoms with Gasteiger partial charge in [-0.15, -0.1) is 0 Å². The molecule has 16 heteroatoms. The summed E-state index contributed by atoms with van der Waals surface area (Å²) in [5.41, 5.74) is 2.92. The van der Waals surface area contributed by atoms with Gasteiger partial charge in [-0.1, -0.05) is 37.3 Å². The Morgan fingerprint density at radius 1 is 0.907 bits per heavy atom. The number of aromatic nitrogens is 2. The van der Waals surface area contributed by atoms with Crippen molar-refractivity contribution in [2.24, 2.45) is 0 Å². The van der Waals surface area contributed by atoms with Gasteiger partial charge in [-0.25, -0.2) is 14.6 Å². The van der Waals surface area contributed by atoms with Crippen LogP contribution in [0.3, 0.4) is 0 Å². The average molecular weight is 619 g/mol. The number of rotatable bonds is 3. The predicted octanol–water partition coefficient (Wildman–Crippen LogP) is 4.88. The van der Waals surface area contributed by atoms with Crippen LogP contribution in [0.2, 0.25) is 0 Å². The summed E-state index contributed by atoms with van der Waals surface area (Å²) >= 11 is 0. The van der Waals surface area contributed by atoms with Gasteiger partial charge in [0.05, 0.1) is 29.3 Å². The zero-order chi connectivity index (χ0) is 32.0. The molecule has 1 fully saturated rings. The van der Waals surface area contributed by atoms with Gasteiger partial charge in [-0.3, -0.25) is 9.69 Å². The second-order valence-electron chi connectivity index (χ2n) is 9.51. The number of hydrogen-bond donors (Lipinski definition) is 2. The first-order valence-electron chi connectivity index (χ1n) is 12.9. The number of nitrogens with zero attached hydrogens (tertiary/aromatic N) is 4. The molecule has 1 amide bonds.